The van der Waals surface area contributed by atoms with E-state index in [4.69, 9.17) is 4.74 Å². The van der Waals surface area contributed by atoms with E-state index in [1.54, 1.807) is 0 Å². The van der Waals surface area contributed by atoms with E-state index in [9.17, 15) is 4.79 Å². The van der Waals surface area contributed by atoms with Gasteiger partial charge >= 0.3 is 0 Å². The van der Waals surface area contributed by atoms with Crippen LogP contribution in [0.3, 0.4) is 0 Å². The van der Waals surface area contributed by atoms with Crippen molar-refractivity contribution in [1.29, 1.82) is 0 Å². The van der Waals surface area contributed by atoms with Crippen LogP contribution in [0.25, 0.3) is 0 Å². The average Bonchev–Trinajstić information content (AvgIpc) is 2.86. The summed E-state index contributed by atoms with van der Waals surface area (Å²) in [5.41, 5.74) is 4.05. The number of rotatable bonds is 4. The lowest BCUT2D eigenvalue weighted by Gasteiger charge is -2.30. The van der Waals surface area contributed by atoms with E-state index in [-0.39, 0.29) is 5.91 Å². The Morgan fingerprint density at radius 1 is 1.39 bits per heavy atom. The van der Waals surface area contributed by atoms with Crippen molar-refractivity contribution in [3.63, 3.8) is 0 Å². The van der Waals surface area contributed by atoms with Gasteiger partial charge in [0.05, 0.1) is 24.5 Å². The molecule has 1 aliphatic heterocycles. The number of amides is 1. The second kappa shape index (κ2) is 6.42. The maximum Gasteiger partial charge on any atom is 0.241 e. The van der Waals surface area contributed by atoms with Crippen molar-refractivity contribution in [2.45, 2.75) is 20.4 Å². The van der Waals surface area contributed by atoms with Crippen LogP contribution >= 0.6 is 0 Å². The molecule has 2 heterocycles. The van der Waals surface area contributed by atoms with Crippen molar-refractivity contribution in [2.24, 2.45) is 0 Å². The highest BCUT2D eigenvalue weighted by atomic mass is 16.5. The topological polar surface area (TPSA) is 61.5 Å². The van der Waals surface area contributed by atoms with Gasteiger partial charge in [0.2, 0.25) is 5.91 Å². The number of aromatic amines is 1. The van der Waals surface area contributed by atoms with Crippen LogP contribution in [0, 0.1) is 13.8 Å². The molecule has 6 heteroatoms. The Morgan fingerprint density at radius 3 is 2.91 bits per heavy atom. The van der Waals surface area contributed by atoms with Gasteiger partial charge in [-0.25, -0.2) is 0 Å². The van der Waals surface area contributed by atoms with E-state index < -0.39 is 0 Å². The van der Waals surface area contributed by atoms with Gasteiger partial charge in [0.1, 0.15) is 12.4 Å². The summed E-state index contributed by atoms with van der Waals surface area (Å²) in [5, 5.41) is 7.19. The first-order chi connectivity index (χ1) is 11.1. The molecule has 122 valence electrons. The molecule has 0 radical (unpaired) electrons. The van der Waals surface area contributed by atoms with Crippen molar-refractivity contribution >= 4 is 11.6 Å². The third-order valence-electron chi connectivity index (χ3n) is 4.14. The molecule has 1 N–H and O–H groups in total. The molecule has 0 saturated heterocycles. The second-order valence-electron chi connectivity index (χ2n) is 5.95. The zero-order valence-corrected chi connectivity index (χ0v) is 13.8. The molecule has 3 rings (SSSR count). The Hall–Kier alpha value is -2.34. The number of aryl methyl sites for hydroxylation is 2. The summed E-state index contributed by atoms with van der Waals surface area (Å²) < 4.78 is 5.61. The maximum atomic E-state index is 12.7. The summed E-state index contributed by atoms with van der Waals surface area (Å²) in [6.45, 7) is 6.17. The molecule has 0 atom stereocenters. The molecule has 0 unspecified atom stereocenters. The zero-order chi connectivity index (χ0) is 16.4. The third kappa shape index (κ3) is 3.22. The monoisotopic (exact) mass is 314 g/mol. The third-order valence-corrected chi connectivity index (χ3v) is 4.14. The van der Waals surface area contributed by atoms with Gasteiger partial charge in [0, 0.05) is 17.8 Å². The SMILES string of the molecule is Cc1n[nH]c(C)c1CN(C)CC(=O)N1CCOc2ccccc21. The van der Waals surface area contributed by atoms with Crippen molar-refractivity contribution in [1.82, 2.24) is 15.1 Å². The highest BCUT2D eigenvalue weighted by molar-refractivity contribution is 5.96. The molecule has 0 fully saturated rings. The predicted octanol–water partition coefficient (Wildman–Crippen LogP) is 1.88. The standard InChI is InChI=1S/C17H22N4O2/c1-12-14(13(2)19-18-12)10-20(3)11-17(22)21-8-9-23-16-7-5-4-6-15(16)21/h4-7H,8-11H2,1-3H3,(H,18,19). The highest BCUT2D eigenvalue weighted by Gasteiger charge is 2.24. The van der Waals surface area contributed by atoms with Gasteiger partial charge in [-0.1, -0.05) is 12.1 Å². The van der Waals surface area contributed by atoms with Gasteiger partial charge in [-0.15, -0.1) is 0 Å². The minimum absolute atomic E-state index is 0.0852. The largest absolute Gasteiger partial charge is 0.490 e. The van der Waals surface area contributed by atoms with Crippen molar-refractivity contribution in [3.05, 3.63) is 41.2 Å². The Balaban J connectivity index is 1.68. The fourth-order valence-corrected chi connectivity index (χ4v) is 2.88. The van der Waals surface area contributed by atoms with Crippen molar-refractivity contribution in [3.8, 4) is 5.75 Å². The van der Waals surface area contributed by atoms with Crippen molar-refractivity contribution < 1.29 is 9.53 Å². The van der Waals surface area contributed by atoms with Gasteiger partial charge < -0.3 is 9.64 Å². The predicted molar refractivity (Wildman–Crippen MR) is 88.7 cm³/mol. The van der Waals surface area contributed by atoms with Gasteiger partial charge in [-0.2, -0.15) is 5.10 Å². The number of nitrogens with one attached hydrogen (secondary N) is 1. The second-order valence-corrected chi connectivity index (χ2v) is 5.95. The van der Waals surface area contributed by atoms with Crippen LogP contribution in [0.15, 0.2) is 24.3 Å². The van der Waals surface area contributed by atoms with E-state index in [2.05, 4.69) is 10.2 Å². The maximum absolute atomic E-state index is 12.7. The number of H-pyrrole nitrogens is 1. The lowest BCUT2D eigenvalue weighted by Crippen LogP contribution is -2.43. The fourth-order valence-electron chi connectivity index (χ4n) is 2.88. The van der Waals surface area contributed by atoms with E-state index in [1.807, 2.05) is 55.0 Å². The van der Waals surface area contributed by atoms with Crippen LogP contribution in [-0.4, -0.2) is 47.7 Å². The Morgan fingerprint density at radius 2 is 2.17 bits per heavy atom. The van der Waals surface area contributed by atoms with Crippen LogP contribution in [0.4, 0.5) is 5.69 Å². The molecule has 0 spiro atoms. The molecule has 0 aliphatic carbocycles. The summed E-state index contributed by atoms with van der Waals surface area (Å²) in [6, 6.07) is 7.67. The Bertz CT molecular complexity index is 691. The number of carbonyl (C=O) groups excluding carboxylic acids is 1. The van der Waals surface area contributed by atoms with E-state index in [0.717, 1.165) is 28.4 Å². The zero-order valence-electron chi connectivity index (χ0n) is 13.8. The number of para-hydroxylation sites is 2. The number of anilines is 1. The van der Waals surface area contributed by atoms with Crippen LogP contribution in [0.1, 0.15) is 17.0 Å². The molecule has 1 amide bonds. The number of hydrogen-bond acceptors (Lipinski definition) is 4. The summed E-state index contributed by atoms with van der Waals surface area (Å²) in [4.78, 5) is 16.5. The number of likely N-dealkylation sites (N-methyl/N-ethyl adjacent to an activating group) is 1. The minimum Gasteiger partial charge on any atom is -0.490 e. The number of fused-ring (bicyclic) bond motifs is 1. The number of carbonyl (C=O) groups is 1. The first kappa shape index (κ1) is 15.6. The fraction of sp³-hybridized carbons (Fsp3) is 0.412. The number of aromatic nitrogens is 2. The van der Waals surface area contributed by atoms with Crippen LogP contribution in [0.5, 0.6) is 5.75 Å². The summed E-state index contributed by atoms with van der Waals surface area (Å²) >= 11 is 0. The number of nitrogens with zero attached hydrogens (tertiary/aromatic N) is 3. The molecular weight excluding hydrogens is 292 g/mol. The van der Waals surface area contributed by atoms with E-state index in [1.165, 1.54) is 0 Å². The smallest absolute Gasteiger partial charge is 0.241 e. The summed E-state index contributed by atoms with van der Waals surface area (Å²) in [7, 11) is 1.95. The molecule has 1 aromatic carbocycles. The molecule has 0 bridgehead atoms. The number of benzene rings is 1. The Kier molecular flexibility index (Phi) is 4.34. The first-order valence-corrected chi connectivity index (χ1v) is 7.77. The normalized spacial score (nSPS) is 13.8. The average molecular weight is 314 g/mol. The van der Waals surface area contributed by atoms with Gasteiger partial charge in [-0.3, -0.25) is 14.8 Å². The van der Waals surface area contributed by atoms with Gasteiger partial charge in [-0.05, 0) is 33.0 Å². The van der Waals surface area contributed by atoms with Crippen molar-refractivity contribution in [2.75, 3.05) is 31.6 Å². The molecule has 2 aromatic rings. The number of ether oxygens (including phenoxy) is 1. The van der Waals surface area contributed by atoms with Crippen LogP contribution in [0.2, 0.25) is 0 Å². The van der Waals surface area contributed by atoms with Gasteiger partial charge in [0.15, 0.2) is 0 Å². The van der Waals surface area contributed by atoms with Crippen LogP contribution in [-0.2, 0) is 11.3 Å². The number of hydrogen-bond donors (Lipinski definition) is 1. The highest BCUT2D eigenvalue weighted by Crippen LogP contribution is 2.31. The molecule has 6 nitrogen and oxygen atoms in total. The first-order valence-electron chi connectivity index (χ1n) is 7.77. The molecule has 1 aromatic heterocycles. The molecule has 1 aliphatic rings. The molecular formula is C17H22N4O2. The lowest BCUT2D eigenvalue weighted by atomic mass is 10.2. The van der Waals surface area contributed by atoms with Gasteiger partial charge in [0.25, 0.3) is 0 Å². The molecule has 23 heavy (non-hydrogen) atoms. The van der Waals surface area contributed by atoms with E-state index >= 15 is 0 Å². The quantitative estimate of drug-likeness (QED) is 0.936. The summed E-state index contributed by atoms with van der Waals surface area (Å²) in [5.74, 6) is 0.860. The summed E-state index contributed by atoms with van der Waals surface area (Å²) in [6.07, 6.45) is 0. The lowest BCUT2D eigenvalue weighted by molar-refractivity contribution is -0.119. The molecule has 0 saturated carbocycles. The van der Waals surface area contributed by atoms with Crippen LogP contribution < -0.4 is 9.64 Å². The van der Waals surface area contributed by atoms with E-state index in [0.29, 0.717) is 26.2 Å². The minimum atomic E-state index is 0.0852. The Labute approximate surface area is 136 Å².